The molecule has 0 aromatic rings. The number of hydrogen-bond donors (Lipinski definition) is 7. The van der Waals surface area contributed by atoms with Crippen molar-refractivity contribution >= 4 is 5.97 Å². The van der Waals surface area contributed by atoms with E-state index in [0.717, 1.165) is 64.2 Å². The summed E-state index contributed by atoms with van der Waals surface area (Å²) in [5, 5.41) is 72.1. The Morgan fingerprint density at radius 3 is 1.50 bits per heavy atom. The van der Waals surface area contributed by atoms with E-state index in [0.29, 0.717) is 13.0 Å². The summed E-state index contributed by atoms with van der Waals surface area (Å²) in [6.45, 7) is 3.65. The lowest BCUT2D eigenvalue weighted by Gasteiger charge is -2.42. The lowest BCUT2D eigenvalue weighted by molar-refractivity contribution is -0.332. The summed E-state index contributed by atoms with van der Waals surface area (Å²) in [6, 6.07) is 0. The highest BCUT2D eigenvalue weighted by Crippen LogP contribution is 2.26. The Bertz CT molecular complexity index is 1190. The molecule has 11 unspecified atom stereocenters. The van der Waals surface area contributed by atoms with Gasteiger partial charge in [0.2, 0.25) is 0 Å². The molecule has 2 heterocycles. The summed E-state index contributed by atoms with van der Waals surface area (Å²) in [5.41, 5.74) is 0. The number of aliphatic hydroxyl groups excluding tert-OH is 7. The minimum atomic E-state index is -1.71. The number of carbonyl (C=O) groups is 1. The van der Waals surface area contributed by atoms with E-state index in [1.165, 1.54) is 109 Å². The van der Waals surface area contributed by atoms with Crippen molar-refractivity contribution in [1.29, 1.82) is 0 Å². The minimum Gasteiger partial charge on any atom is -0.457 e. The highest BCUT2D eigenvalue weighted by atomic mass is 16.7. The quantitative estimate of drug-likeness (QED) is 0.0175. The van der Waals surface area contributed by atoms with Gasteiger partial charge in [-0.15, -0.1) is 0 Å². The van der Waals surface area contributed by atoms with Crippen LogP contribution in [0.1, 0.15) is 200 Å². The SMILES string of the molecule is CCCC/C=C\C/C=C\CCCCCCCC(=O)OC(COCCCCCCCCCCCCCCCCCCCC)COC1OC(COC2OC(CO)C(O)C(O)C2O)C(O)C(O)C1O. The van der Waals surface area contributed by atoms with Crippen molar-refractivity contribution in [3.05, 3.63) is 24.3 Å². The van der Waals surface area contributed by atoms with Gasteiger partial charge in [-0.05, 0) is 38.5 Å². The predicted octanol–water partition coefficient (Wildman–Crippen LogP) is 8.02. The van der Waals surface area contributed by atoms with Gasteiger partial charge in [-0.2, -0.15) is 0 Å². The van der Waals surface area contributed by atoms with Crippen molar-refractivity contribution in [3.8, 4) is 0 Å². The van der Waals surface area contributed by atoms with Crippen molar-refractivity contribution < 1.29 is 69.0 Å². The van der Waals surface area contributed by atoms with Gasteiger partial charge in [0.15, 0.2) is 12.6 Å². The van der Waals surface area contributed by atoms with E-state index in [-0.39, 0.29) is 25.6 Å². The van der Waals surface area contributed by atoms with Gasteiger partial charge in [0.05, 0.1) is 26.4 Å². The Hall–Kier alpha value is -1.53. The number of hydrogen-bond acceptors (Lipinski definition) is 14. The Kier molecular flexibility index (Phi) is 36.9. The summed E-state index contributed by atoms with van der Waals surface area (Å²) in [5.74, 6) is -0.387. The average molecular weight is 945 g/mol. The molecule has 14 nitrogen and oxygen atoms in total. The molecule has 2 rings (SSSR count). The first-order valence-corrected chi connectivity index (χ1v) is 26.4. The summed E-state index contributed by atoms with van der Waals surface area (Å²) in [7, 11) is 0. The third kappa shape index (κ3) is 27.6. The Morgan fingerprint density at radius 2 is 0.955 bits per heavy atom. The Morgan fingerprint density at radius 1 is 0.500 bits per heavy atom. The molecule has 2 aliphatic rings. The predicted molar refractivity (Wildman–Crippen MR) is 257 cm³/mol. The van der Waals surface area contributed by atoms with Crippen LogP contribution in [0.25, 0.3) is 0 Å². The largest absolute Gasteiger partial charge is 0.457 e. The molecule has 14 heteroatoms. The molecule has 11 atom stereocenters. The molecule has 0 saturated carbocycles. The molecule has 2 fully saturated rings. The zero-order valence-corrected chi connectivity index (χ0v) is 41.2. The van der Waals surface area contributed by atoms with E-state index in [4.69, 9.17) is 28.4 Å². The number of carbonyl (C=O) groups excluding carboxylic acids is 1. The maximum Gasteiger partial charge on any atom is 0.306 e. The molecule has 0 aliphatic carbocycles. The molecule has 2 aliphatic heterocycles. The first-order valence-electron chi connectivity index (χ1n) is 26.4. The monoisotopic (exact) mass is 945 g/mol. The maximum atomic E-state index is 13.0. The van der Waals surface area contributed by atoms with Gasteiger partial charge >= 0.3 is 5.97 Å². The molecular weight excluding hydrogens is 849 g/mol. The van der Waals surface area contributed by atoms with Gasteiger partial charge in [-0.1, -0.05) is 179 Å². The Labute approximate surface area is 398 Å². The summed E-state index contributed by atoms with van der Waals surface area (Å²) in [6.07, 6.45) is 26.7. The molecule has 0 radical (unpaired) electrons. The lowest BCUT2D eigenvalue weighted by Crippen LogP contribution is -2.61. The second-order valence-corrected chi connectivity index (χ2v) is 18.7. The normalized spacial score (nSPS) is 26.4. The third-order valence-corrected chi connectivity index (χ3v) is 12.7. The second-order valence-electron chi connectivity index (χ2n) is 18.7. The van der Waals surface area contributed by atoms with Gasteiger partial charge in [0.1, 0.15) is 54.9 Å². The standard InChI is InChI=1S/C52H96O14/c1-3-5-7-9-11-13-15-17-19-20-21-22-24-26-28-30-32-34-36-61-38-41(64-44(54)35-33-31-29-27-25-23-18-16-14-12-10-8-6-4-2)39-62-51-50(60)48(58)46(56)43(66-51)40-63-52-49(59)47(57)45(55)42(37-53)65-52/h10,12,16,18,41-43,45-53,55-60H,3-9,11,13-15,17,19-40H2,1-2H3/b12-10-,18-16-. The molecule has 0 aromatic heterocycles. The highest BCUT2D eigenvalue weighted by Gasteiger charge is 2.47. The fraction of sp³-hybridized carbons (Fsp3) is 0.904. The number of aliphatic hydroxyl groups is 7. The zero-order valence-electron chi connectivity index (χ0n) is 41.2. The molecular formula is C52H96O14. The molecule has 7 N–H and O–H groups in total. The van der Waals surface area contributed by atoms with Crippen LogP contribution < -0.4 is 0 Å². The molecule has 388 valence electrons. The van der Waals surface area contributed by atoms with E-state index >= 15 is 0 Å². The van der Waals surface area contributed by atoms with Crippen molar-refractivity contribution in [2.75, 3.05) is 33.0 Å². The first-order chi connectivity index (χ1) is 32.1. The fourth-order valence-corrected chi connectivity index (χ4v) is 8.36. The molecule has 0 amide bonds. The number of rotatable bonds is 42. The van der Waals surface area contributed by atoms with Crippen LogP contribution in [0.2, 0.25) is 0 Å². The topological polar surface area (TPSA) is 214 Å². The Balaban J connectivity index is 1.75. The van der Waals surface area contributed by atoms with Crippen LogP contribution in [0, 0.1) is 0 Å². The van der Waals surface area contributed by atoms with Crippen LogP contribution in [0.3, 0.4) is 0 Å². The second kappa shape index (κ2) is 40.2. The molecule has 0 bridgehead atoms. The molecule has 66 heavy (non-hydrogen) atoms. The smallest absolute Gasteiger partial charge is 0.306 e. The van der Waals surface area contributed by atoms with Crippen molar-refractivity contribution in [3.63, 3.8) is 0 Å². The van der Waals surface area contributed by atoms with Crippen LogP contribution in [-0.4, -0.2) is 142 Å². The maximum absolute atomic E-state index is 13.0. The molecule has 2 saturated heterocycles. The highest BCUT2D eigenvalue weighted by molar-refractivity contribution is 5.69. The minimum absolute atomic E-state index is 0.0599. The van der Waals surface area contributed by atoms with Crippen LogP contribution in [0.15, 0.2) is 24.3 Å². The molecule has 0 aromatic carbocycles. The van der Waals surface area contributed by atoms with Gasteiger partial charge in [0.25, 0.3) is 0 Å². The van der Waals surface area contributed by atoms with E-state index in [1.54, 1.807) is 0 Å². The van der Waals surface area contributed by atoms with E-state index in [2.05, 4.69) is 38.2 Å². The van der Waals surface area contributed by atoms with Gasteiger partial charge < -0.3 is 64.2 Å². The summed E-state index contributed by atoms with van der Waals surface area (Å²) >= 11 is 0. The van der Waals surface area contributed by atoms with Crippen LogP contribution in [-0.2, 0) is 33.2 Å². The third-order valence-electron chi connectivity index (χ3n) is 12.7. The van der Waals surface area contributed by atoms with E-state index in [9.17, 15) is 40.5 Å². The van der Waals surface area contributed by atoms with Gasteiger partial charge in [-0.25, -0.2) is 0 Å². The number of allylic oxidation sites excluding steroid dienone is 4. The van der Waals surface area contributed by atoms with Crippen molar-refractivity contribution in [2.24, 2.45) is 0 Å². The van der Waals surface area contributed by atoms with Crippen LogP contribution in [0.5, 0.6) is 0 Å². The van der Waals surface area contributed by atoms with E-state index < -0.39 is 80.7 Å². The van der Waals surface area contributed by atoms with Gasteiger partial charge in [0, 0.05) is 13.0 Å². The summed E-state index contributed by atoms with van der Waals surface area (Å²) in [4.78, 5) is 13.0. The fourth-order valence-electron chi connectivity index (χ4n) is 8.36. The van der Waals surface area contributed by atoms with Gasteiger partial charge in [-0.3, -0.25) is 4.79 Å². The van der Waals surface area contributed by atoms with Crippen molar-refractivity contribution in [2.45, 2.75) is 268 Å². The lowest BCUT2D eigenvalue weighted by atomic mass is 9.98. The first kappa shape index (κ1) is 60.6. The number of ether oxygens (including phenoxy) is 6. The van der Waals surface area contributed by atoms with Crippen LogP contribution >= 0.6 is 0 Å². The average Bonchev–Trinajstić information content (AvgIpc) is 3.31. The van der Waals surface area contributed by atoms with Crippen LogP contribution in [0.4, 0.5) is 0 Å². The summed E-state index contributed by atoms with van der Waals surface area (Å²) < 4.78 is 34.3. The number of unbranched alkanes of at least 4 members (excludes halogenated alkanes) is 24. The van der Waals surface area contributed by atoms with Crippen molar-refractivity contribution in [1.82, 2.24) is 0 Å². The zero-order chi connectivity index (χ0) is 48.0. The number of esters is 1. The molecule has 0 spiro atoms. The van der Waals surface area contributed by atoms with E-state index in [1.807, 2.05) is 0 Å².